The van der Waals surface area contributed by atoms with E-state index in [-0.39, 0.29) is 6.71 Å². The number of rotatable bonds is 4. The Morgan fingerprint density at radius 2 is 0.800 bits per heavy atom. The van der Waals surface area contributed by atoms with E-state index < -0.39 is 8.07 Å². The Morgan fingerprint density at radius 3 is 1.51 bits per heavy atom. The van der Waals surface area contributed by atoms with Crippen molar-refractivity contribution < 1.29 is 0 Å². The van der Waals surface area contributed by atoms with Gasteiger partial charge in [0.25, 0.3) is 0 Å². The summed E-state index contributed by atoms with van der Waals surface area (Å²) < 4.78 is 0. The van der Waals surface area contributed by atoms with Crippen molar-refractivity contribution >= 4 is 125 Å². The Hall–Kier alpha value is -7.02. The number of nitrogens with zero attached hydrogens (tertiary/aromatic N) is 1. The highest BCUT2D eigenvalue weighted by molar-refractivity contribution is 8.01. The van der Waals surface area contributed by atoms with Gasteiger partial charge in [-0.2, -0.15) is 0 Å². The molecule has 0 atom stereocenters. The minimum Gasteiger partial charge on any atom is -0.311 e. The van der Waals surface area contributed by atoms with E-state index in [1.54, 1.807) is 0 Å². The van der Waals surface area contributed by atoms with Gasteiger partial charge in [0.05, 0.1) is 0 Å². The molecule has 0 saturated heterocycles. The van der Waals surface area contributed by atoms with E-state index in [4.69, 9.17) is 0 Å². The molecule has 302 valence electrons. The fourth-order valence-corrected chi connectivity index (χ4v) is 19.1. The first-order valence-electron chi connectivity index (χ1n) is 22.4. The second-order valence-corrected chi connectivity index (χ2v) is 23.3. The molecule has 0 saturated carbocycles. The minimum absolute atomic E-state index is 0.108. The molecule has 11 aromatic carbocycles. The molecule has 0 aromatic heterocycles. The predicted octanol–water partition coefficient (Wildman–Crippen LogP) is 11.4. The van der Waals surface area contributed by atoms with Crippen molar-refractivity contribution in [1.29, 1.82) is 0 Å². The summed E-state index contributed by atoms with van der Waals surface area (Å²) in [5.41, 5.74) is 10.4. The lowest BCUT2D eigenvalue weighted by atomic mass is 9.36. The van der Waals surface area contributed by atoms with Crippen molar-refractivity contribution in [2.75, 3.05) is 4.90 Å². The lowest BCUT2D eigenvalue weighted by Crippen LogP contribution is -2.77. The van der Waals surface area contributed by atoms with Crippen molar-refractivity contribution in [2.24, 2.45) is 0 Å². The van der Waals surface area contributed by atoms with Crippen LogP contribution in [0.15, 0.2) is 250 Å². The SMILES string of the molecule is c1ccc([Si]2(c3ccccc3)c3ccccc3N(c3cccc4c3B3c5ccccc5Sc5cccc(c53)S4)c3ccc(-c4ccc5c6ccccc6c6ccccc6c5c4)cc32)cc1. The van der Waals surface area contributed by atoms with Gasteiger partial charge in [-0.25, -0.2) is 0 Å². The molecule has 3 aliphatic rings. The third kappa shape index (κ3) is 5.38. The maximum atomic E-state index is 2.64. The largest absolute Gasteiger partial charge is 0.311 e. The molecule has 0 bridgehead atoms. The summed E-state index contributed by atoms with van der Waals surface area (Å²) in [6.07, 6.45) is 0. The Kier molecular flexibility index (Phi) is 8.33. The van der Waals surface area contributed by atoms with Crippen LogP contribution in [0.2, 0.25) is 0 Å². The van der Waals surface area contributed by atoms with Gasteiger partial charge in [-0.3, -0.25) is 0 Å². The van der Waals surface area contributed by atoms with E-state index in [2.05, 4.69) is 235 Å². The lowest BCUT2D eigenvalue weighted by Gasteiger charge is -2.46. The van der Waals surface area contributed by atoms with Crippen molar-refractivity contribution in [2.45, 2.75) is 19.6 Å². The molecule has 65 heavy (non-hydrogen) atoms. The Bertz CT molecular complexity index is 3670. The summed E-state index contributed by atoms with van der Waals surface area (Å²) in [6.45, 7) is 0.108. The predicted molar refractivity (Wildman–Crippen MR) is 282 cm³/mol. The molecular weight excluding hydrogens is 838 g/mol. The molecule has 0 radical (unpaired) electrons. The van der Waals surface area contributed by atoms with E-state index >= 15 is 0 Å². The second-order valence-electron chi connectivity index (χ2n) is 17.4. The van der Waals surface area contributed by atoms with Crippen LogP contribution in [0.3, 0.4) is 0 Å². The summed E-state index contributed by atoms with van der Waals surface area (Å²) in [7, 11) is -2.97. The first kappa shape index (κ1) is 37.4. The molecule has 0 N–H and O–H groups in total. The van der Waals surface area contributed by atoms with Crippen LogP contribution in [0, 0.1) is 0 Å². The van der Waals surface area contributed by atoms with Crippen molar-refractivity contribution in [1.82, 2.24) is 0 Å². The highest BCUT2D eigenvalue weighted by atomic mass is 32.2. The van der Waals surface area contributed by atoms with E-state index in [9.17, 15) is 0 Å². The number of anilines is 3. The van der Waals surface area contributed by atoms with Gasteiger partial charge < -0.3 is 4.90 Å². The first-order valence-corrected chi connectivity index (χ1v) is 26.1. The standard InChI is InChI=1S/C60H38BNS2Si/c1-3-17-41(18-4-1)65(42-19-5-2-6-20-42)57-32-14-12-26-50(57)62(52-27-15-29-54-59(52)61-49-25-11-13-28-53(49)63-55-30-16-31-56(64-54)60(55)61)51-36-34-40(38-58(51)65)39-33-35-47-45-23-8-7-21-43(45)44-22-9-10-24-46(44)48(47)37-39/h1-38H. The molecular formula is C60H38BNS2Si. The van der Waals surface area contributed by atoms with Crippen LogP contribution < -0.4 is 42.0 Å². The van der Waals surface area contributed by atoms with Gasteiger partial charge in [0.15, 0.2) is 8.07 Å². The highest BCUT2D eigenvalue weighted by Crippen LogP contribution is 2.45. The van der Waals surface area contributed by atoms with Crippen LogP contribution in [0.5, 0.6) is 0 Å². The molecule has 1 nitrogen and oxygen atoms in total. The summed E-state index contributed by atoms with van der Waals surface area (Å²) in [6, 6.07) is 87.6. The molecule has 3 heterocycles. The van der Waals surface area contributed by atoms with Crippen LogP contribution >= 0.6 is 23.5 Å². The van der Waals surface area contributed by atoms with E-state index in [0.29, 0.717) is 0 Å². The number of hydrogen-bond acceptors (Lipinski definition) is 3. The minimum atomic E-state index is -2.97. The Labute approximate surface area is 388 Å². The molecule has 11 aromatic rings. The van der Waals surface area contributed by atoms with Crippen molar-refractivity contribution in [3.8, 4) is 11.1 Å². The fourth-order valence-electron chi connectivity index (χ4n) is 11.6. The van der Waals surface area contributed by atoms with Crippen LogP contribution in [0.25, 0.3) is 43.4 Å². The monoisotopic (exact) mass is 875 g/mol. The second kappa shape index (κ2) is 14.5. The average molecular weight is 876 g/mol. The third-order valence-corrected chi connectivity index (χ3v) is 21.4. The summed E-state index contributed by atoms with van der Waals surface area (Å²) in [5, 5.41) is 13.3. The van der Waals surface area contributed by atoms with Crippen molar-refractivity contribution in [3.63, 3.8) is 0 Å². The van der Waals surface area contributed by atoms with E-state index in [1.165, 1.54) is 117 Å². The van der Waals surface area contributed by atoms with E-state index in [1.807, 2.05) is 23.5 Å². The molecule has 5 heteroatoms. The summed E-state index contributed by atoms with van der Waals surface area (Å²) in [4.78, 5) is 8.03. The van der Waals surface area contributed by atoms with Gasteiger partial charge in [-0.1, -0.05) is 211 Å². The lowest BCUT2D eigenvalue weighted by molar-refractivity contribution is 1.27. The van der Waals surface area contributed by atoms with Crippen molar-refractivity contribution in [3.05, 3.63) is 231 Å². The van der Waals surface area contributed by atoms with Crippen LogP contribution in [-0.2, 0) is 0 Å². The zero-order valence-corrected chi connectivity index (χ0v) is 37.9. The molecule has 0 amide bonds. The van der Waals surface area contributed by atoms with E-state index in [0.717, 1.165) is 0 Å². The summed E-state index contributed by atoms with van der Waals surface area (Å²) in [5.74, 6) is 0. The maximum Gasteiger partial charge on any atom is 0.249 e. The molecule has 0 aliphatic carbocycles. The molecule has 0 unspecified atom stereocenters. The van der Waals surface area contributed by atoms with Gasteiger partial charge in [-0.15, -0.1) is 0 Å². The highest BCUT2D eigenvalue weighted by Gasteiger charge is 2.50. The molecule has 3 aliphatic heterocycles. The maximum absolute atomic E-state index is 2.97. The van der Waals surface area contributed by atoms with Crippen LogP contribution in [0.1, 0.15) is 0 Å². The van der Waals surface area contributed by atoms with Crippen LogP contribution in [0.4, 0.5) is 17.1 Å². The number of para-hydroxylation sites is 1. The molecule has 0 spiro atoms. The zero-order chi connectivity index (χ0) is 42.6. The van der Waals surface area contributed by atoms with Crippen LogP contribution in [-0.4, -0.2) is 14.8 Å². The Morgan fingerprint density at radius 1 is 0.323 bits per heavy atom. The van der Waals surface area contributed by atoms with Gasteiger partial charge in [-0.05, 0) is 124 Å². The first-order chi connectivity index (χ1) is 32.3. The van der Waals surface area contributed by atoms with Gasteiger partial charge in [0, 0.05) is 36.6 Å². The van der Waals surface area contributed by atoms with Gasteiger partial charge in [0.2, 0.25) is 6.71 Å². The number of fused-ring (bicyclic) bond motifs is 12. The number of hydrogen-bond donors (Lipinski definition) is 0. The average Bonchev–Trinajstić information content (AvgIpc) is 3.38. The zero-order valence-electron chi connectivity index (χ0n) is 35.3. The quantitative estimate of drug-likeness (QED) is 0.128. The fraction of sp³-hybridized carbons (Fsp3) is 0. The number of benzene rings is 11. The van der Waals surface area contributed by atoms with Gasteiger partial charge in [0.1, 0.15) is 0 Å². The smallest absolute Gasteiger partial charge is 0.249 e. The summed E-state index contributed by atoms with van der Waals surface area (Å²) >= 11 is 3.85. The molecule has 14 rings (SSSR count). The van der Waals surface area contributed by atoms with Gasteiger partial charge >= 0.3 is 0 Å². The molecule has 0 fully saturated rings. The topological polar surface area (TPSA) is 3.24 Å². The normalized spacial score (nSPS) is 14.1. The Balaban J connectivity index is 1.07. The third-order valence-electron chi connectivity index (χ3n) is 14.2.